The zero-order valence-corrected chi connectivity index (χ0v) is 24.2. The van der Waals surface area contributed by atoms with Crippen molar-refractivity contribution >= 4 is 50.8 Å². The first-order chi connectivity index (χ1) is 18.4. The molecule has 0 radical (unpaired) electrons. The van der Waals surface area contributed by atoms with Gasteiger partial charge in [-0.3, -0.25) is 14.9 Å². The van der Waals surface area contributed by atoms with Gasteiger partial charge in [-0.15, -0.1) is 0 Å². The van der Waals surface area contributed by atoms with E-state index >= 15 is 0 Å². The second-order valence-corrected chi connectivity index (χ2v) is 10.2. The molecule has 38 heavy (non-hydrogen) atoms. The number of ether oxygens (including phenoxy) is 1. The van der Waals surface area contributed by atoms with Gasteiger partial charge < -0.3 is 15.0 Å². The number of para-hydroxylation sites is 1. The molecule has 0 fully saturated rings. The minimum Gasteiger partial charge on any atom is -0.493 e. The van der Waals surface area contributed by atoms with Gasteiger partial charge >= 0.3 is 0 Å². The van der Waals surface area contributed by atoms with E-state index in [1.54, 1.807) is 42.3 Å². The highest BCUT2D eigenvalue weighted by atomic mass is 79.9. The summed E-state index contributed by atoms with van der Waals surface area (Å²) in [7, 11) is 1.73. The van der Waals surface area contributed by atoms with Crippen LogP contribution in [-0.4, -0.2) is 37.1 Å². The Morgan fingerprint density at radius 1 is 0.921 bits per heavy atom. The van der Waals surface area contributed by atoms with E-state index in [1.807, 2.05) is 42.5 Å². The molecule has 6 nitrogen and oxygen atoms in total. The van der Waals surface area contributed by atoms with Crippen molar-refractivity contribution in [3.8, 4) is 5.75 Å². The van der Waals surface area contributed by atoms with E-state index in [1.165, 1.54) is 0 Å². The van der Waals surface area contributed by atoms with Crippen LogP contribution in [0.3, 0.4) is 0 Å². The summed E-state index contributed by atoms with van der Waals surface area (Å²) in [6.07, 6.45) is 5.05. The van der Waals surface area contributed by atoms with Gasteiger partial charge in [0.25, 0.3) is 11.8 Å². The fraction of sp³-hybridized carbons (Fsp3) is 0.300. The molecule has 0 unspecified atom stereocenters. The molecule has 0 saturated carbocycles. The number of nitrogens with zero attached hydrogens (tertiary/aromatic N) is 1. The van der Waals surface area contributed by atoms with Crippen LogP contribution < -0.4 is 20.3 Å². The van der Waals surface area contributed by atoms with Gasteiger partial charge in [0.2, 0.25) is 0 Å². The number of benzene rings is 3. The highest BCUT2D eigenvalue weighted by Crippen LogP contribution is 2.24. The molecule has 3 aromatic rings. The number of carbonyl (C=O) groups is 2. The first kappa shape index (κ1) is 29.3. The number of unbranched alkanes of at least 4 members (excludes halogenated alkanes) is 3. The average molecular weight is 597 g/mol. The van der Waals surface area contributed by atoms with Crippen LogP contribution in [0.5, 0.6) is 5.75 Å². The zero-order chi connectivity index (χ0) is 27.3. The molecule has 0 atom stereocenters. The molecule has 0 aliphatic heterocycles. The van der Waals surface area contributed by atoms with Crippen LogP contribution in [0.2, 0.25) is 0 Å². The van der Waals surface area contributed by atoms with Gasteiger partial charge in [-0.2, -0.15) is 0 Å². The SMILES string of the molecule is CCCCCCOc1ccc(Br)cc1C(=O)NC(=S)N(C)c1ccccc1C(=O)NCCc1ccccc1. The lowest BCUT2D eigenvalue weighted by Crippen LogP contribution is -2.41. The van der Waals surface area contributed by atoms with Crippen LogP contribution in [0.15, 0.2) is 77.3 Å². The molecule has 3 rings (SSSR count). The van der Waals surface area contributed by atoms with Crippen molar-refractivity contribution in [3.63, 3.8) is 0 Å². The van der Waals surface area contributed by atoms with Crippen LogP contribution in [0, 0.1) is 0 Å². The topological polar surface area (TPSA) is 70.7 Å². The summed E-state index contributed by atoms with van der Waals surface area (Å²) in [6.45, 7) is 3.21. The molecule has 0 bridgehead atoms. The van der Waals surface area contributed by atoms with Crippen LogP contribution >= 0.6 is 28.1 Å². The Kier molecular flexibility index (Phi) is 11.8. The Morgan fingerprint density at radius 3 is 2.42 bits per heavy atom. The van der Waals surface area contributed by atoms with Gasteiger partial charge in [0.15, 0.2) is 5.11 Å². The Morgan fingerprint density at radius 2 is 1.66 bits per heavy atom. The van der Waals surface area contributed by atoms with E-state index in [9.17, 15) is 9.59 Å². The maximum Gasteiger partial charge on any atom is 0.261 e. The third-order valence-electron chi connectivity index (χ3n) is 6.02. The minimum atomic E-state index is -0.378. The van der Waals surface area contributed by atoms with Crippen LogP contribution in [0.25, 0.3) is 0 Å². The Hall–Kier alpha value is -3.23. The lowest BCUT2D eigenvalue weighted by molar-refractivity contribution is 0.0952. The number of halogens is 1. The van der Waals surface area contributed by atoms with Crippen molar-refractivity contribution in [2.45, 2.75) is 39.0 Å². The van der Waals surface area contributed by atoms with Crippen molar-refractivity contribution in [2.24, 2.45) is 0 Å². The first-order valence-electron chi connectivity index (χ1n) is 12.8. The van der Waals surface area contributed by atoms with Crippen molar-refractivity contribution in [2.75, 3.05) is 25.1 Å². The van der Waals surface area contributed by atoms with Gasteiger partial charge in [0.05, 0.1) is 23.4 Å². The highest BCUT2D eigenvalue weighted by molar-refractivity contribution is 9.10. The number of nitrogens with one attached hydrogen (secondary N) is 2. The number of rotatable bonds is 12. The fourth-order valence-electron chi connectivity index (χ4n) is 3.89. The maximum absolute atomic E-state index is 13.2. The average Bonchev–Trinajstić information content (AvgIpc) is 2.93. The molecule has 8 heteroatoms. The molecule has 3 aromatic carbocycles. The van der Waals surface area contributed by atoms with Gasteiger partial charge in [-0.25, -0.2) is 0 Å². The number of anilines is 1. The van der Waals surface area contributed by atoms with Gasteiger partial charge in [0, 0.05) is 18.1 Å². The van der Waals surface area contributed by atoms with E-state index in [0.29, 0.717) is 35.7 Å². The van der Waals surface area contributed by atoms with E-state index in [0.717, 1.165) is 42.1 Å². The van der Waals surface area contributed by atoms with Crippen molar-refractivity contribution in [1.82, 2.24) is 10.6 Å². The molecule has 2 amide bonds. The summed E-state index contributed by atoms with van der Waals surface area (Å²) in [5, 5.41) is 5.94. The summed E-state index contributed by atoms with van der Waals surface area (Å²) in [6, 6.07) is 22.5. The molecule has 0 aliphatic rings. The minimum absolute atomic E-state index is 0.174. The number of amides is 2. The van der Waals surface area contributed by atoms with E-state index < -0.39 is 0 Å². The summed E-state index contributed by atoms with van der Waals surface area (Å²) < 4.78 is 6.68. The number of thiocarbonyl (C=S) groups is 1. The molecule has 200 valence electrons. The van der Waals surface area contributed by atoms with E-state index in [4.69, 9.17) is 17.0 Å². The maximum atomic E-state index is 13.2. The molecule has 0 saturated heterocycles. The van der Waals surface area contributed by atoms with Crippen LogP contribution in [0.4, 0.5) is 5.69 Å². The molecule has 0 aliphatic carbocycles. The van der Waals surface area contributed by atoms with E-state index in [2.05, 4.69) is 33.5 Å². The van der Waals surface area contributed by atoms with Gasteiger partial charge in [0.1, 0.15) is 5.75 Å². The van der Waals surface area contributed by atoms with Crippen LogP contribution in [-0.2, 0) is 6.42 Å². The third-order valence-corrected chi connectivity index (χ3v) is 6.89. The summed E-state index contributed by atoms with van der Waals surface area (Å²) in [5.74, 6) is -0.0781. The molecular weight excluding hydrogens is 562 g/mol. The molecule has 0 heterocycles. The van der Waals surface area contributed by atoms with Crippen molar-refractivity contribution < 1.29 is 14.3 Å². The standard InChI is InChI=1S/C30H34BrN3O3S/c1-3-4-5-11-20-37-27-17-16-23(31)21-25(27)29(36)33-30(38)34(2)26-15-10-9-14-24(26)28(35)32-19-18-22-12-7-6-8-13-22/h6-10,12-17,21H,3-5,11,18-20H2,1-2H3,(H,32,35)(H,33,36,38). The summed E-state index contributed by atoms with van der Waals surface area (Å²) in [5.41, 5.74) is 2.60. The monoisotopic (exact) mass is 595 g/mol. The van der Waals surface area contributed by atoms with Gasteiger partial charge in [-0.05, 0) is 61.0 Å². The zero-order valence-electron chi connectivity index (χ0n) is 21.8. The Balaban J connectivity index is 1.65. The fourth-order valence-corrected chi connectivity index (χ4v) is 4.44. The third kappa shape index (κ3) is 8.67. The Labute approximate surface area is 238 Å². The number of hydrogen-bond acceptors (Lipinski definition) is 4. The molecule has 0 aromatic heterocycles. The van der Waals surface area contributed by atoms with Crippen molar-refractivity contribution in [3.05, 3.63) is 94.0 Å². The highest BCUT2D eigenvalue weighted by Gasteiger charge is 2.20. The van der Waals surface area contributed by atoms with Gasteiger partial charge in [-0.1, -0.05) is 84.6 Å². The summed E-state index contributed by atoms with van der Waals surface area (Å²) >= 11 is 8.99. The Bertz CT molecular complexity index is 1240. The lowest BCUT2D eigenvalue weighted by atomic mass is 10.1. The predicted molar refractivity (Wildman–Crippen MR) is 161 cm³/mol. The second-order valence-electron chi connectivity index (χ2n) is 8.88. The smallest absolute Gasteiger partial charge is 0.261 e. The predicted octanol–water partition coefficient (Wildman–Crippen LogP) is 6.53. The number of hydrogen-bond donors (Lipinski definition) is 2. The number of carbonyl (C=O) groups excluding carboxylic acids is 2. The molecule has 0 spiro atoms. The first-order valence-corrected chi connectivity index (χ1v) is 14.0. The quantitative estimate of drug-likeness (QED) is 0.184. The largest absolute Gasteiger partial charge is 0.493 e. The van der Waals surface area contributed by atoms with Crippen molar-refractivity contribution in [1.29, 1.82) is 0 Å². The molecule has 2 N–H and O–H groups in total. The second kappa shape index (κ2) is 15.2. The summed E-state index contributed by atoms with van der Waals surface area (Å²) in [4.78, 5) is 27.8. The van der Waals surface area contributed by atoms with E-state index in [-0.39, 0.29) is 16.9 Å². The lowest BCUT2D eigenvalue weighted by Gasteiger charge is -2.23. The van der Waals surface area contributed by atoms with Crippen LogP contribution in [0.1, 0.15) is 58.9 Å². The molecular formula is C30H34BrN3O3S. The normalized spacial score (nSPS) is 10.5.